The van der Waals surface area contributed by atoms with E-state index in [9.17, 15) is 9.59 Å². The number of hydrogen-bond acceptors (Lipinski definition) is 6. The molecular weight excluding hydrogens is 442 g/mol. The smallest absolute Gasteiger partial charge is 0.267 e. The predicted molar refractivity (Wildman–Crippen MR) is 130 cm³/mol. The molecule has 0 unspecified atom stereocenters. The van der Waals surface area contributed by atoms with Gasteiger partial charge in [0.25, 0.3) is 5.56 Å². The molecule has 1 aromatic carbocycles. The van der Waals surface area contributed by atoms with Gasteiger partial charge in [0.15, 0.2) is 5.16 Å². The highest BCUT2D eigenvalue weighted by Crippen LogP contribution is 2.36. The van der Waals surface area contributed by atoms with Gasteiger partial charge in [0, 0.05) is 18.0 Å². The van der Waals surface area contributed by atoms with Crippen molar-refractivity contribution in [1.29, 1.82) is 0 Å². The van der Waals surface area contributed by atoms with Gasteiger partial charge in [-0.2, -0.15) is 0 Å². The van der Waals surface area contributed by atoms with E-state index in [0.717, 1.165) is 61.8 Å². The highest BCUT2D eigenvalue weighted by atomic mass is 32.2. The molecule has 0 N–H and O–H groups in total. The van der Waals surface area contributed by atoms with Crippen LogP contribution in [0.25, 0.3) is 15.9 Å². The molecule has 2 aromatic heterocycles. The first-order chi connectivity index (χ1) is 15.7. The number of rotatable bonds is 5. The molecule has 1 fully saturated rings. The molecule has 0 radical (unpaired) electrons. The van der Waals surface area contributed by atoms with Gasteiger partial charge in [-0.25, -0.2) is 4.98 Å². The minimum atomic E-state index is -0.0631. The number of carbonyl (C=O) groups excluding carboxylic acids is 1. The van der Waals surface area contributed by atoms with Crippen molar-refractivity contribution in [3.8, 4) is 11.4 Å². The molecule has 32 heavy (non-hydrogen) atoms. The number of nitrogens with zero attached hydrogens (tertiary/aromatic N) is 3. The van der Waals surface area contributed by atoms with Crippen molar-refractivity contribution < 1.29 is 9.53 Å². The number of carbonyl (C=O) groups is 1. The Kier molecular flexibility index (Phi) is 6.24. The van der Waals surface area contributed by atoms with E-state index >= 15 is 0 Å². The second kappa shape index (κ2) is 9.27. The molecule has 1 amide bonds. The zero-order chi connectivity index (χ0) is 22.1. The number of piperidine rings is 1. The van der Waals surface area contributed by atoms with E-state index in [-0.39, 0.29) is 17.2 Å². The van der Waals surface area contributed by atoms with Crippen molar-refractivity contribution >= 4 is 39.2 Å². The van der Waals surface area contributed by atoms with Gasteiger partial charge >= 0.3 is 0 Å². The molecule has 6 nitrogen and oxygen atoms in total. The number of para-hydroxylation sites is 2. The molecule has 0 bridgehead atoms. The summed E-state index contributed by atoms with van der Waals surface area (Å²) in [5, 5.41) is 1.29. The van der Waals surface area contributed by atoms with E-state index in [1.165, 1.54) is 28.6 Å². The Morgan fingerprint density at radius 3 is 2.72 bits per heavy atom. The Hall–Kier alpha value is -2.32. The molecule has 5 rings (SSSR count). The van der Waals surface area contributed by atoms with Gasteiger partial charge < -0.3 is 9.64 Å². The fraction of sp³-hybridized carbons (Fsp3) is 0.458. The topological polar surface area (TPSA) is 64.4 Å². The average Bonchev–Trinajstić information content (AvgIpc) is 3.22. The molecule has 0 spiro atoms. The summed E-state index contributed by atoms with van der Waals surface area (Å²) in [6.07, 6.45) is 7.52. The van der Waals surface area contributed by atoms with E-state index in [1.807, 2.05) is 29.2 Å². The highest BCUT2D eigenvalue weighted by Gasteiger charge is 2.25. The summed E-state index contributed by atoms with van der Waals surface area (Å²) in [6.45, 7) is 1.64. The van der Waals surface area contributed by atoms with Crippen LogP contribution in [0.3, 0.4) is 0 Å². The Balaban J connectivity index is 1.60. The minimum Gasteiger partial charge on any atom is -0.495 e. The van der Waals surface area contributed by atoms with Crippen LogP contribution < -0.4 is 10.3 Å². The lowest BCUT2D eigenvalue weighted by Gasteiger charge is -2.26. The second-order valence-corrected chi connectivity index (χ2v) is 10.4. The number of aryl methyl sites for hydroxylation is 2. The van der Waals surface area contributed by atoms with Crippen molar-refractivity contribution in [2.45, 2.75) is 50.1 Å². The summed E-state index contributed by atoms with van der Waals surface area (Å²) in [7, 11) is 1.61. The van der Waals surface area contributed by atoms with Crippen LogP contribution in [0.15, 0.2) is 34.2 Å². The molecule has 0 atom stereocenters. The normalized spacial score (nSPS) is 16.2. The van der Waals surface area contributed by atoms with E-state index < -0.39 is 0 Å². The summed E-state index contributed by atoms with van der Waals surface area (Å²) < 4.78 is 7.22. The van der Waals surface area contributed by atoms with Crippen LogP contribution in [-0.2, 0) is 17.6 Å². The lowest BCUT2D eigenvalue weighted by atomic mass is 9.97. The van der Waals surface area contributed by atoms with Crippen molar-refractivity contribution in [1.82, 2.24) is 14.5 Å². The zero-order valence-electron chi connectivity index (χ0n) is 18.3. The van der Waals surface area contributed by atoms with Gasteiger partial charge in [-0.05, 0) is 62.6 Å². The Labute approximate surface area is 195 Å². The molecule has 8 heteroatoms. The van der Waals surface area contributed by atoms with Crippen LogP contribution in [0.4, 0.5) is 0 Å². The number of aromatic nitrogens is 2. The number of hydrogen-bond donors (Lipinski definition) is 0. The van der Waals surface area contributed by atoms with Gasteiger partial charge in [0.1, 0.15) is 10.6 Å². The van der Waals surface area contributed by atoms with E-state index in [0.29, 0.717) is 16.6 Å². The quantitative estimate of drug-likeness (QED) is 0.408. The maximum absolute atomic E-state index is 13.9. The minimum absolute atomic E-state index is 0.0631. The average molecular weight is 470 g/mol. The third-order valence-electron chi connectivity index (χ3n) is 6.32. The first-order valence-electron chi connectivity index (χ1n) is 11.3. The predicted octanol–water partition coefficient (Wildman–Crippen LogP) is 4.44. The number of fused-ring (bicyclic) bond motifs is 3. The number of thiophene rings is 1. The summed E-state index contributed by atoms with van der Waals surface area (Å²) in [5.74, 6) is 1.00. The largest absolute Gasteiger partial charge is 0.495 e. The van der Waals surface area contributed by atoms with Crippen molar-refractivity contribution in [3.63, 3.8) is 0 Å². The Bertz CT molecular complexity index is 1210. The van der Waals surface area contributed by atoms with Crippen molar-refractivity contribution in [2.75, 3.05) is 26.0 Å². The van der Waals surface area contributed by atoms with Crippen LogP contribution in [0.5, 0.6) is 5.75 Å². The van der Waals surface area contributed by atoms with Crippen LogP contribution in [-0.4, -0.2) is 46.3 Å². The standard InChI is InChI=1S/C24H27N3O3S2/c1-30-18-11-5-4-10-17(18)27-23(29)21-16-9-3-6-12-19(16)32-22(21)25-24(27)31-15-20(28)26-13-7-2-8-14-26/h4-5,10-11H,2-3,6-9,12-15H2,1H3. The molecule has 1 saturated heterocycles. The number of benzene rings is 1. The molecule has 3 heterocycles. The van der Waals surface area contributed by atoms with E-state index in [4.69, 9.17) is 9.72 Å². The van der Waals surface area contributed by atoms with Gasteiger partial charge in [0.2, 0.25) is 5.91 Å². The summed E-state index contributed by atoms with van der Waals surface area (Å²) >= 11 is 2.99. The molecule has 2 aliphatic rings. The first kappa shape index (κ1) is 21.5. The second-order valence-electron chi connectivity index (χ2n) is 8.33. The summed E-state index contributed by atoms with van der Waals surface area (Å²) in [5.41, 5.74) is 1.77. The third-order valence-corrected chi connectivity index (χ3v) is 8.43. The van der Waals surface area contributed by atoms with E-state index in [2.05, 4.69) is 0 Å². The maximum atomic E-state index is 13.9. The van der Waals surface area contributed by atoms with Gasteiger partial charge in [-0.1, -0.05) is 23.9 Å². The monoisotopic (exact) mass is 469 g/mol. The summed E-state index contributed by atoms with van der Waals surface area (Å²) in [4.78, 5) is 35.6. The first-order valence-corrected chi connectivity index (χ1v) is 13.1. The van der Waals surface area contributed by atoms with Crippen LogP contribution in [0.1, 0.15) is 42.5 Å². The van der Waals surface area contributed by atoms with Gasteiger partial charge in [0.05, 0.1) is 23.9 Å². The maximum Gasteiger partial charge on any atom is 0.267 e. The number of likely N-dealkylation sites (tertiary alicyclic amines) is 1. The molecule has 1 aliphatic carbocycles. The third kappa shape index (κ3) is 3.94. The fourth-order valence-electron chi connectivity index (χ4n) is 4.67. The molecule has 168 valence electrons. The fourth-order valence-corrected chi connectivity index (χ4v) is 6.88. The SMILES string of the molecule is COc1ccccc1-n1c(SCC(=O)N2CCCCC2)nc2sc3c(c2c1=O)CCCC3. The molecule has 0 saturated carbocycles. The molecule has 1 aliphatic heterocycles. The molecule has 3 aromatic rings. The summed E-state index contributed by atoms with van der Waals surface area (Å²) in [6, 6.07) is 7.51. The number of methoxy groups -OCH3 is 1. The van der Waals surface area contributed by atoms with Gasteiger partial charge in [-0.15, -0.1) is 11.3 Å². The highest BCUT2D eigenvalue weighted by molar-refractivity contribution is 7.99. The number of ether oxygens (including phenoxy) is 1. The zero-order valence-corrected chi connectivity index (χ0v) is 19.9. The van der Waals surface area contributed by atoms with Crippen LogP contribution >= 0.6 is 23.1 Å². The molecular formula is C24H27N3O3S2. The number of amides is 1. The van der Waals surface area contributed by atoms with E-state index in [1.54, 1.807) is 23.0 Å². The van der Waals surface area contributed by atoms with Crippen LogP contribution in [0.2, 0.25) is 0 Å². The lowest BCUT2D eigenvalue weighted by Crippen LogP contribution is -2.36. The lowest BCUT2D eigenvalue weighted by molar-refractivity contribution is -0.129. The van der Waals surface area contributed by atoms with Crippen LogP contribution in [0, 0.1) is 0 Å². The van der Waals surface area contributed by atoms with Gasteiger partial charge in [-0.3, -0.25) is 14.2 Å². The van der Waals surface area contributed by atoms with Crippen molar-refractivity contribution in [2.24, 2.45) is 0 Å². The Morgan fingerprint density at radius 2 is 1.91 bits per heavy atom. The van der Waals surface area contributed by atoms with Crippen molar-refractivity contribution in [3.05, 3.63) is 45.1 Å². The number of thioether (sulfide) groups is 1. The Morgan fingerprint density at radius 1 is 1.12 bits per heavy atom.